The number of nitrogens with two attached hydrogens (primary N) is 1. The highest BCUT2D eigenvalue weighted by molar-refractivity contribution is 7.16. The molecule has 0 spiro atoms. The summed E-state index contributed by atoms with van der Waals surface area (Å²) in [5, 5.41) is 13.2. The number of aromatic nitrogens is 4. The van der Waals surface area contributed by atoms with Gasteiger partial charge in [0, 0.05) is 0 Å². The van der Waals surface area contributed by atoms with Gasteiger partial charge in [0.2, 0.25) is 4.96 Å². The van der Waals surface area contributed by atoms with Crippen LogP contribution in [-0.4, -0.2) is 19.8 Å². The third-order valence-corrected chi connectivity index (χ3v) is 4.36. The van der Waals surface area contributed by atoms with Crippen molar-refractivity contribution in [3.05, 3.63) is 11.3 Å². The second kappa shape index (κ2) is 4.10. The van der Waals surface area contributed by atoms with Crippen molar-refractivity contribution in [1.82, 2.24) is 19.8 Å². The molecular formula is C10H15N5S. The predicted octanol–water partition coefficient (Wildman–Crippen LogP) is 1.77. The van der Waals surface area contributed by atoms with E-state index in [0.717, 1.165) is 9.97 Å². The second-order valence-electron chi connectivity index (χ2n) is 4.42. The molecule has 0 saturated heterocycles. The Bertz CT molecular complexity index is 442. The number of hydrogen-bond donors (Lipinski definition) is 1. The molecular weight excluding hydrogens is 222 g/mol. The molecule has 1 aliphatic rings. The van der Waals surface area contributed by atoms with Gasteiger partial charge in [0.15, 0.2) is 0 Å². The molecule has 1 atom stereocenters. The van der Waals surface area contributed by atoms with Gasteiger partial charge in [-0.1, -0.05) is 30.6 Å². The SMILES string of the molecule is NC(c1nn2cnnc2s1)C1CCCCC1. The molecule has 0 amide bonds. The number of rotatable bonds is 2. The molecule has 1 saturated carbocycles. The van der Waals surface area contributed by atoms with E-state index in [4.69, 9.17) is 5.73 Å². The predicted molar refractivity (Wildman–Crippen MR) is 62.2 cm³/mol. The van der Waals surface area contributed by atoms with Gasteiger partial charge in [-0.05, 0) is 18.8 Å². The van der Waals surface area contributed by atoms with E-state index < -0.39 is 0 Å². The van der Waals surface area contributed by atoms with Crippen molar-refractivity contribution >= 4 is 16.3 Å². The summed E-state index contributed by atoms with van der Waals surface area (Å²) in [4.78, 5) is 0.834. The maximum Gasteiger partial charge on any atom is 0.234 e. The molecule has 3 rings (SSSR count). The van der Waals surface area contributed by atoms with Crippen LogP contribution in [0.15, 0.2) is 6.33 Å². The van der Waals surface area contributed by atoms with Gasteiger partial charge < -0.3 is 5.73 Å². The lowest BCUT2D eigenvalue weighted by molar-refractivity contribution is 0.306. The fourth-order valence-corrected chi connectivity index (χ4v) is 3.32. The lowest BCUT2D eigenvalue weighted by Gasteiger charge is -2.25. The maximum absolute atomic E-state index is 6.28. The van der Waals surface area contributed by atoms with E-state index in [1.54, 1.807) is 22.2 Å². The van der Waals surface area contributed by atoms with Crippen LogP contribution in [0.3, 0.4) is 0 Å². The Kier molecular flexibility index (Phi) is 2.61. The molecule has 16 heavy (non-hydrogen) atoms. The fraction of sp³-hybridized carbons (Fsp3) is 0.700. The van der Waals surface area contributed by atoms with Crippen molar-refractivity contribution in [2.75, 3.05) is 0 Å². The van der Waals surface area contributed by atoms with E-state index in [0.29, 0.717) is 5.92 Å². The molecule has 2 heterocycles. The van der Waals surface area contributed by atoms with Gasteiger partial charge in [-0.15, -0.1) is 10.2 Å². The highest BCUT2D eigenvalue weighted by Crippen LogP contribution is 2.34. The minimum atomic E-state index is 0.0759. The van der Waals surface area contributed by atoms with Gasteiger partial charge in [0.05, 0.1) is 6.04 Å². The minimum Gasteiger partial charge on any atom is -0.322 e. The van der Waals surface area contributed by atoms with Crippen LogP contribution in [0.2, 0.25) is 0 Å². The Morgan fingerprint density at radius 2 is 2.19 bits per heavy atom. The van der Waals surface area contributed by atoms with Gasteiger partial charge >= 0.3 is 0 Å². The smallest absolute Gasteiger partial charge is 0.234 e. The topological polar surface area (TPSA) is 69.1 Å². The van der Waals surface area contributed by atoms with Gasteiger partial charge in [-0.25, -0.2) is 0 Å². The summed E-state index contributed by atoms with van der Waals surface area (Å²) < 4.78 is 1.71. The first kappa shape index (κ1) is 10.2. The Labute approximate surface area is 97.7 Å². The summed E-state index contributed by atoms with van der Waals surface area (Å²) in [6.07, 6.45) is 8.07. The van der Waals surface area contributed by atoms with Crippen LogP contribution >= 0.6 is 11.3 Å². The molecule has 5 nitrogen and oxygen atoms in total. The summed E-state index contributed by atoms with van der Waals surface area (Å²) in [5.74, 6) is 0.595. The first-order chi connectivity index (χ1) is 7.84. The van der Waals surface area contributed by atoms with Crippen LogP contribution in [0.4, 0.5) is 0 Å². The third-order valence-electron chi connectivity index (χ3n) is 3.35. The molecule has 1 unspecified atom stereocenters. The molecule has 1 fully saturated rings. The van der Waals surface area contributed by atoms with E-state index in [1.165, 1.54) is 32.1 Å². The Hall–Kier alpha value is -1.01. The molecule has 0 radical (unpaired) electrons. The average molecular weight is 237 g/mol. The standard InChI is InChI=1S/C10H15N5S/c11-8(7-4-2-1-3-5-7)9-14-15-6-12-13-10(15)16-9/h6-8H,1-5,11H2. The van der Waals surface area contributed by atoms with E-state index in [-0.39, 0.29) is 6.04 Å². The lowest BCUT2D eigenvalue weighted by Crippen LogP contribution is -2.23. The van der Waals surface area contributed by atoms with Gasteiger partial charge in [0.1, 0.15) is 11.3 Å². The van der Waals surface area contributed by atoms with E-state index >= 15 is 0 Å². The van der Waals surface area contributed by atoms with Crippen molar-refractivity contribution in [2.24, 2.45) is 11.7 Å². The van der Waals surface area contributed by atoms with Crippen molar-refractivity contribution in [1.29, 1.82) is 0 Å². The molecule has 2 aromatic rings. The van der Waals surface area contributed by atoms with Crippen molar-refractivity contribution < 1.29 is 0 Å². The summed E-state index contributed by atoms with van der Waals surface area (Å²) in [6.45, 7) is 0. The Morgan fingerprint density at radius 3 is 2.94 bits per heavy atom. The lowest BCUT2D eigenvalue weighted by atomic mass is 9.84. The first-order valence-corrected chi connectivity index (χ1v) is 6.58. The van der Waals surface area contributed by atoms with Crippen molar-refractivity contribution in [2.45, 2.75) is 38.1 Å². The van der Waals surface area contributed by atoms with Gasteiger partial charge in [0.25, 0.3) is 0 Å². The fourth-order valence-electron chi connectivity index (χ4n) is 2.40. The maximum atomic E-state index is 6.28. The third kappa shape index (κ3) is 1.72. The zero-order chi connectivity index (χ0) is 11.0. The van der Waals surface area contributed by atoms with Crippen LogP contribution in [0.5, 0.6) is 0 Å². The largest absolute Gasteiger partial charge is 0.322 e. The number of fused-ring (bicyclic) bond motifs is 1. The Balaban J connectivity index is 1.83. The van der Waals surface area contributed by atoms with Crippen LogP contribution in [0.1, 0.15) is 43.2 Å². The van der Waals surface area contributed by atoms with Crippen LogP contribution in [-0.2, 0) is 0 Å². The van der Waals surface area contributed by atoms with Crippen LogP contribution in [0.25, 0.3) is 4.96 Å². The highest BCUT2D eigenvalue weighted by atomic mass is 32.1. The molecule has 6 heteroatoms. The monoisotopic (exact) mass is 237 g/mol. The van der Waals surface area contributed by atoms with E-state index in [9.17, 15) is 0 Å². The summed E-state index contributed by atoms with van der Waals surface area (Å²) in [5.41, 5.74) is 6.28. The highest BCUT2D eigenvalue weighted by Gasteiger charge is 2.24. The van der Waals surface area contributed by atoms with Crippen molar-refractivity contribution in [3.8, 4) is 0 Å². The van der Waals surface area contributed by atoms with Crippen molar-refractivity contribution in [3.63, 3.8) is 0 Å². The minimum absolute atomic E-state index is 0.0759. The quantitative estimate of drug-likeness (QED) is 0.864. The summed E-state index contributed by atoms with van der Waals surface area (Å²) in [6, 6.07) is 0.0759. The molecule has 0 aromatic carbocycles. The van der Waals surface area contributed by atoms with Gasteiger partial charge in [-0.3, -0.25) is 0 Å². The zero-order valence-electron chi connectivity index (χ0n) is 9.04. The summed E-state index contributed by atoms with van der Waals surface area (Å²) in [7, 11) is 0. The molecule has 2 N–H and O–H groups in total. The molecule has 0 aliphatic heterocycles. The second-order valence-corrected chi connectivity index (χ2v) is 5.41. The molecule has 1 aliphatic carbocycles. The van der Waals surface area contributed by atoms with E-state index in [1.807, 2.05) is 0 Å². The van der Waals surface area contributed by atoms with Crippen LogP contribution < -0.4 is 5.73 Å². The first-order valence-electron chi connectivity index (χ1n) is 5.77. The summed E-state index contributed by atoms with van der Waals surface area (Å²) >= 11 is 1.56. The number of nitrogens with zero attached hydrogens (tertiary/aromatic N) is 4. The average Bonchev–Trinajstić information content (AvgIpc) is 2.89. The molecule has 86 valence electrons. The molecule has 2 aromatic heterocycles. The van der Waals surface area contributed by atoms with Gasteiger partial charge in [-0.2, -0.15) is 9.61 Å². The van der Waals surface area contributed by atoms with E-state index in [2.05, 4.69) is 15.3 Å². The molecule has 0 bridgehead atoms. The number of hydrogen-bond acceptors (Lipinski definition) is 5. The zero-order valence-corrected chi connectivity index (χ0v) is 9.86. The Morgan fingerprint density at radius 1 is 1.38 bits per heavy atom. The normalized spacial score (nSPS) is 20.3. The van der Waals surface area contributed by atoms with Crippen LogP contribution in [0, 0.1) is 5.92 Å².